The van der Waals surface area contributed by atoms with Gasteiger partial charge in [0.2, 0.25) is 0 Å². The van der Waals surface area contributed by atoms with E-state index in [4.69, 9.17) is 19.3 Å². The third-order valence-electron chi connectivity index (χ3n) is 8.47. The fourth-order valence-electron chi connectivity index (χ4n) is 5.77. The van der Waals surface area contributed by atoms with Gasteiger partial charge in [-0.2, -0.15) is 0 Å². The van der Waals surface area contributed by atoms with Crippen LogP contribution in [0.3, 0.4) is 0 Å². The normalized spacial score (nSPS) is 14.8. The van der Waals surface area contributed by atoms with Crippen LogP contribution in [-0.2, 0) is 19.0 Å². The SMILES string of the molecule is CN(CCOCCOCCOCCC(=O)O)C(=O)c1ccccc1C1=C2C=CC(=[N+](C)C)C=C2[Si](C)(C)c2cc(N(C)C)ccc21. The lowest BCUT2D eigenvalue weighted by Gasteiger charge is -2.38. The number of allylic oxidation sites excluding steroid dienone is 5. The van der Waals surface area contributed by atoms with Crippen LogP contribution in [0, 0.1) is 0 Å². The van der Waals surface area contributed by atoms with Gasteiger partial charge < -0.3 is 29.1 Å². The number of likely N-dealkylation sites (N-methyl/N-ethyl adjacent to an activating group) is 1. The first-order chi connectivity index (χ1) is 21.9. The highest BCUT2D eigenvalue weighted by atomic mass is 28.3. The summed E-state index contributed by atoms with van der Waals surface area (Å²) in [5.74, 6) is -0.936. The predicted molar refractivity (Wildman–Crippen MR) is 186 cm³/mol. The monoisotopic (exact) mass is 646 g/mol. The highest BCUT2D eigenvalue weighted by Gasteiger charge is 2.41. The lowest BCUT2D eigenvalue weighted by atomic mass is 9.87. The second-order valence-corrected chi connectivity index (χ2v) is 16.8. The van der Waals surface area contributed by atoms with E-state index in [0.29, 0.717) is 45.1 Å². The molecular formula is C36H48N3O6Si+. The van der Waals surface area contributed by atoms with Gasteiger partial charge in [-0.15, -0.1) is 0 Å². The number of carbonyl (C=O) groups excluding carboxylic acids is 1. The standard InChI is InChI=1S/C36H47N3O6Si/c1-37(2)26-12-14-30-32(24-26)46(6,7)33-25-27(38(3)4)13-15-31(33)35(30)28-10-8-9-11-29(28)36(42)39(5)17-19-44-21-23-45-22-20-43-18-16-34(40)41/h8-15,24-25H,16-23H2,1-7H3/p+1. The van der Waals surface area contributed by atoms with Gasteiger partial charge >= 0.3 is 5.97 Å². The lowest BCUT2D eigenvalue weighted by Crippen LogP contribution is -2.50. The summed E-state index contributed by atoms with van der Waals surface area (Å²) in [7, 11) is 8.01. The molecule has 9 nitrogen and oxygen atoms in total. The van der Waals surface area contributed by atoms with Gasteiger partial charge in [0, 0.05) is 51.1 Å². The zero-order valence-electron chi connectivity index (χ0n) is 28.3. The molecule has 46 heavy (non-hydrogen) atoms. The molecule has 0 aromatic heterocycles. The molecule has 246 valence electrons. The summed E-state index contributed by atoms with van der Waals surface area (Å²) < 4.78 is 18.6. The van der Waals surface area contributed by atoms with E-state index >= 15 is 0 Å². The molecule has 0 unspecified atom stereocenters. The van der Waals surface area contributed by atoms with Gasteiger partial charge in [0.15, 0.2) is 5.71 Å². The lowest BCUT2D eigenvalue weighted by molar-refractivity contribution is -0.462. The van der Waals surface area contributed by atoms with Gasteiger partial charge in [-0.25, -0.2) is 4.58 Å². The third kappa shape index (κ3) is 8.11. The molecule has 1 amide bonds. The number of rotatable bonds is 15. The molecule has 0 saturated carbocycles. The van der Waals surface area contributed by atoms with Crippen molar-refractivity contribution in [1.29, 1.82) is 0 Å². The number of anilines is 1. The molecule has 0 bridgehead atoms. The van der Waals surface area contributed by atoms with E-state index in [1.54, 1.807) is 4.90 Å². The Balaban J connectivity index is 1.53. The van der Waals surface area contributed by atoms with Crippen LogP contribution in [0.25, 0.3) is 5.57 Å². The Bertz CT molecular complexity index is 1570. The summed E-state index contributed by atoms with van der Waals surface area (Å²) in [5.41, 5.74) is 7.44. The molecule has 0 atom stereocenters. The Morgan fingerprint density at radius 3 is 2.15 bits per heavy atom. The summed E-state index contributed by atoms with van der Waals surface area (Å²) >= 11 is 0. The number of aliphatic carboxylic acids is 1. The first kappa shape index (κ1) is 35.0. The molecule has 1 aliphatic carbocycles. The molecule has 0 saturated heterocycles. The Kier molecular flexibility index (Phi) is 11.9. The number of carbonyl (C=O) groups is 2. The van der Waals surface area contributed by atoms with Crippen molar-refractivity contribution in [2.75, 3.05) is 86.3 Å². The average Bonchev–Trinajstić information content (AvgIpc) is 3.03. The first-order valence-electron chi connectivity index (χ1n) is 15.7. The number of fused-ring (bicyclic) bond motifs is 2. The van der Waals surface area contributed by atoms with Crippen LogP contribution in [0.5, 0.6) is 0 Å². The topological polar surface area (TPSA) is 91.6 Å². The maximum absolute atomic E-state index is 14.0. The summed E-state index contributed by atoms with van der Waals surface area (Å²) in [6.07, 6.45) is 6.73. The van der Waals surface area contributed by atoms with Gasteiger partial charge in [-0.05, 0) is 56.9 Å². The third-order valence-corrected chi connectivity index (χ3v) is 12.0. The van der Waals surface area contributed by atoms with E-state index in [9.17, 15) is 9.59 Å². The summed E-state index contributed by atoms with van der Waals surface area (Å²) in [5, 5.41) is 11.4. The molecule has 1 N–H and O–H groups in total. The van der Waals surface area contributed by atoms with Crippen LogP contribution in [0.2, 0.25) is 13.1 Å². The van der Waals surface area contributed by atoms with E-state index in [1.807, 2.05) is 25.2 Å². The predicted octanol–water partition coefficient (Wildman–Crippen LogP) is 3.83. The number of ether oxygens (including phenoxy) is 3. The molecule has 1 aliphatic heterocycles. The molecule has 4 rings (SSSR count). The molecule has 1 heterocycles. The fraction of sp³-hybridized carbons (Fsp3) is 0.417. The molecule has 2 aromatic rings. The van der Waals surface area contributed by atoms with E-state index < -0.39 is 14.0 Å². The van der Waals surface area contributed by atoms with Crippen LogP contribution in [0.15, 0.2) is 71.5 Å². The van der Waals surface area contributed by atoms with E-state index in [-0.39, 0.29) is 18.9 Å². The van der Waals surface area contributed by atoms with E-state index in [2.05, 4.69) is 93.3 Å². The Morgan fingerprint density at radius 1 is 0.848 bits per heavy atom. The van der Waals surface area contributed by atoms with Crippen molar-refractivity contribution in [3.05, 3.63) is 88.2 Å². The highest BCUT2D eigenvalue weighted by molar-refractivity contribution is 6.98. The quantitative estimate of drug-likeness (QED) is 0.179. The summed E-state index contributed by atoms with van der Waals surface area (Å²) in [4.78, 5) is 28.3. The second-order valence-electron chi connectivity index (χ2n) is 12.5. The van der Waals surface area contributed by atoms with Gasteiger partial charge in [0.05, 0.1) is 46.1 Å². The molecule has 2 aliphatic rings. The number of nitrogens with zero attached hydrogens (tertiary/aromatic N) is 3. The zero-order chi connectivity index (χ0) is 33.4. The van der Waals surface area contributed by atoms with Crippen molar-refractivity contribution >= 4 is 42.1 Å². The van der Waals surface area contributed by atoms with E-state index in [0.717, 1.165) is 11.1 Å². The Morgan fingerprint density at radius 2 is 1.50 bits per heavy atom. The Hall–Kier alpha value is -3.83. The summed E-state index contributed by atoms with van der Waals surface area (Å²) in [6.45, 7) is 7.33. The number of carboxylic acid groups (broad SMARTS) is 1. The first-order valence-corrected chi connectivity index (χ1v) is 18.7. The number of benzene rings is 2. The smallest absolute Gasteiger partial charge is 0.305 e. The molecule has 0 spiro atoms. The van der Waals surface area contributed by atoms with Crippen LogP contribution < -0.4 is 10.1 Å². The fourth-order valence-corrected chi connectivity index (χ4v) is 8.84. The number of hydrogen-bond acceptors (Lipinski definition) is 6. The van der Waals surface area contributed by atoms with Crippen LogP contribution in [-0.4, -0.2) is 122 Å². The van der Waals surface area contributed by atoms with Crippen LogP contribution in [0.4, 0.5) is 5.69 Å². The minimum atomic E-state index is -2.10. The van der Waals surface area contributed by atoms with Crippen LogP contribution >= 0.6 is 0 Å². The van der Waals surface area contributed by atoms with Crippen LogP contribution in [0.1, 0.15) is 27.9 Å². The van der Waals surface area contributed by atoms with Crippen molar-refractivity contribution < 1.29 is 33.5 Å². The second kappa shape index (κ2) is 15.6. The van der Waals surface area contributed by atoms with Gasteiger partial charge in [-0.1, -0.05) is 37.4 Å². The maximum atomic E-state index is 14.0. The van der Waals surface area contributed by atoms with Gasteiger partial charge in [0.1, 0.15) is 22.2 Å². The number of amides is 1. The minimum Gasteiger partial charge on any atom is -0.481 e. The van der Waals surface area contributed by atoms with Crippen molar-refractivity contribution in [1.82, 2.24) is 4.90 Å². The van der Waals surface area contributed by atoms with Crippen molar-refractivity contribution in [2.45, 2.75) is 19.5 Å². The molecule has 0 radical (unpaired) electrons. The van der Waals surface area contributed by atoms with Crippen molar-refractivity contribution in [2.24, 2.45) is 0 Å². The van der Waals surface area contributed by atoms with Gasteiger partial charge in [0.25, 0.3) is 5.91 Å². The van der Waals surface area contributed by atoms with E-state index in [1.165, 1.54) is 32.9 Å². The number of carboxylic acids is 1. The maximum Gasteiger partial charge on any atom is 0.305 e. The van der Waals surface area contributed by atoms with Crippen molar-refractivity contribution in [3.63, 3.8) is 0 Å². The Labute approximate surface area is 274 Å². The van der Waals surface area contributed by atoms with Gasteiger partial charge in [-0.3, -0.25) is 9.59 Å². The minimum absolute atomic E-state index is 0.0191. The molecule has 0 fully saturated rings. The summed E-state index contributed by atoms with van der Waals surface area (Å²) in [6, 6.07) is 14.7. The zero-order valence-corrected chi connectivity index (χ0v) is 29.3. The highest BCUT2D eigenvalue weighted by Crippen LogP contribution is 2.42. The molecule has 2 aromatic carbocycles. The van der Waals surface area contributed by atoms with Crippen molar-refractivity contribution in [3.8, 4) is 0 Å². The molecule has 10 heteroatoms. The number of hydrogen-bond donors (Lipinski definition) is 1. The molecular weight excluding hydrogens is 598 g/mol. The average molecular weight is 647 g/mol. The largest absolute Gasteiger partial charge is 0.481 e.